The smallest absolute Gasteiger partial charge is 0.346 e. The lowest BCUT2D eigenvalue weighted by atomic mass is 10.1. The van der Waals surface area contributed by atoms with E-state index >= 15 is 0 Å². The Hall–Kier alpha value is -3.06. The molecule has 0 unspecified atom stereocenters. The van der Waals surface area contributed by atoms with Gasteiger partial charge in [-0.2, -0.15) is 5.26 Å². The molecule has 2 rings (SSSR count). The Morgan fingerprint density at radius 1 is 1.05 bits per heavy atom. The van der Waals surface area contributed by atoms with Crippen LogP contribution in [0.15, 0.2) is 60.2 Å². The van der Waals surface area contributed by atoms with Crippen LogP contribution in [0.2, 0.25) is 0 Å². The van der Waals surface area contributed by atoms with E-state index in [0.29, 0.717) is 11.3 Å². The van der Waals surface area contributed by atoms with E-state index in [0.717, 1.165) is 5.75 Å². The first-order valence-corrected chi connectivity index (χ1v) is 5.87. The largest absolute Gasteiger partial charge is 0.477 e. The molecule has 4 nitrogen and oxygen atoms in total. The molecule has 4 heteroatoms. The third kappa shape index (κ3) is 3.47. The van der Waals surface area contributed by atoms with Crippen molar-refractivity contribution >= 4 is 12.0 Å². The van der Waals surface area contributed by atoms with Gasteiger partial charge in [0.15, 0.2) is 0 Å². The zero-order valence-electron chi connectivity index (χ0n) is 10.5. The Labute approximate surface area is 116 Å². The second-order valence-corrected chi connectivity index (χ2v) is 3.96. The monoisotopic (exact) mass is 265 g/mol. The molecule has 0 amide bonds. The van der Waals surface area contributed by atoms with Crippen molar-refractivity contribution in [1.82, 2.24) is 0 Å². The van der Waals surface area contributed by atoms with E-state index in [-0.39, 0.29) is 5.57 Å². The second kappa shape index (κ2) is 6.21. The number of nitrogens with zero attached hydrogens (tertiary/aromatic N) is 1. The molecule has 1 N–H and O–H groups in total. The van der Waals surface area contributed by atoms with Crippen molar-refractivity contribution in [1.29, 1.82) is 5.26 Å². The number of nitriles is 1. The van der Waals surface area contributed by atoms with Crippen molar-refractivity contribution in [3.05, 3.63) is 65.7 Å². The number of carboxylic acids is 1. The van der Waals surface area contributed by atoms with Crippen molar-refractivity contribution < 1.29 is 14.6 Å². The lowest BCUT2D eigenvalue weighted by Crippen LogP contribution is -1.97. The van der Waals surface area contributed by atoms with Crippen LogP contribution in [0.3, 0.4) is 0 Å². The summed E-state index contributed by atoms with van der Waals surface area (Å²) >= 11 is 0. The third-order valence-corrected chi connectivity index (χ3v) is 2.52. The summed E-state index contributed by atoms with van der Waals surface area (Å²) in [5.74, 6) is 0.123. The number of ether oxygens (including phenoxy) is 1. The summed E-state index contributed by atoms with van der Waals surface area (Å²) in [5, 5.41) is 17.5. The number of hydrogen-bond acceptors (Lipinski definition) is 3. The van der Waals surface area contributed by atoms with Crippen LogP contribution in [-0.2, 0) is 4.79 Å². The van der Waals surface area contributed by atoms with E-state index in [9.17, 15) is 4.79 Å². The topological polar surface area (TPSA) is 70.3 Å². The molecular weight excluding hydrogens is 254 g/mol. The van der Waals surface area contributed by atoms with Crippen LogP contribution in [0.5, 0.6) is 11.5 Å². The molecule has 0 saturated heterocycles. The minimum Gasteiger partial charge on any atom is -0.477 e. The first-order chi connectivity index (χ1) is 9.69. The van der Waals surface area contributed by atoms with Gasteiger partial charge in [-0.05, 0) is 35.9 Å². The Bertz CT molecular complexity index is 667. The van der Waals surface area contributed by atoms with Gasteiger partial charge in [-0.1, -0.05) is 30.3 Å². The second-order valence-electron chi connectivity index (χ2n) is 3.96. The first kappa shape index (κ1) is 13.4. The van der Waals surface area contributed by atoms with Gasteiger partial charge in [0.25, 0.3) is 0 Å². The molecule has 98 valence electrons. The predicted molar refractivity (Wildman–Crippen MR) is 74.2 cm³/mol. The van der Waals surface area contributed by atoms with Crippen LogP contribution in [0.4, 0.5) is 0 Å². The number of aliphatic carboxylic acids is 1. The molecule has 0 bridgehead atoms. The summed E-state index contributed by atoms with van der Waals surface area (Å²) in [7, 11) is 0. The van der Waals surface area contributed by atoms with Gasteiger partial charge in [-0.3, -0.25) is 0 Å². The summed E-state index contributed by atoms with van der Waals surface area (Å²) in [6.45, 7) is 0. The molecule has 0 aromatic heterocycles. The van der Waals surface area contributed by atoms with Crippen molar-refractivity contribution in [2.24, 2.45) is 0 Å². The van der Waals surface area contributed by atoms with E-state index in [2.05, 4.69) is 0 Å². The van der Waals surface area contributed by atoms with Crippen LogP contribution >= 0.6 is 0 Å². The fourth-order valence-electron chi connectivity index (χ4n) is 1.57. The number of para-hydroxylation sites is 1. The van der Waals surface area contributed by atoms with Crippen LogP contribution in [0.1, 0.15) is 5.56 Å². The van der Waals surface area contributed by atoms with Gasteiger partial charge < -0.3 is 9.84 Å². The van der Waals surface area contributed by atoms with Gasteiger partial charge in [0, 0.05) is 0 Å². The fourth-order valence-corrected chi connectivity index (χ4v) is 1.57. The zero-order valence-corrected chi connectivity index (χ0v) is 10.5. The highest BCUT2D eigenvalue weighted by Gasteiger charge is 2.05. The quantitative estimate of drug-likeness (QED) is 0.678. The van der Waals surface area contributed by atoms with Gasteiger partial charge in [0.1, 0.15) is 23.1 Å². The highest BCUT2D eigenvalue weighted by Crippen LogP contribution is 2.21. The SMILES string of the molecule is N#C/C(=C/c1ccc(Oc2ccccc2)cc1)C(=O)O. The van der Waals surface area contributed by atoms with Crippen LogP contribution in [-0.4, -0.2) is 11.1 Å². The lowest BCUT2D eigenvalue weighted by molar-refractivity contribution is -0.132. The molecule has 20 heavy (non-hydrogen) atoms. The summed E-state index contributed by atoms with van der Waals surface area (Å²) in [4.78, 5) is 10.7. The Kier molecular flexibility index (Phi) is 4.15. The Morgan fingerprint density at radius 2 is 1.65 bits per heavy atom. The van der Waals surface area contributed by atoms with Crippen LogP contribution in [0, 0.1) is 11.3 Å². The average molecular weight is 265 g/mol. The molecule has 0 aliphatic rings. The molecule has 0 aliphatic carbocycles. The Balaban J connectivity index is 2.15. The summed E-state index contributed by atoms with van der Waals surface area (Å²) in [5.41, 5.74) is 0.325. The molecule has 0 heterocycles. The van der Waals surface area contributed by atoms with Crippen molar-refractivity contribution in [2.45, 2.75) is 0 Å². The van der Waals surface area contributed by atoms with E-state index in [1.807, 2.05) is 30.3 Å². The Morgan fingerprint density at radius 3 is 2.20 bits per heavy atom. The standard InChI is InChI=1S/C16H11NO3/c17-11-13(16(18)19)10-12-6-8-15(9-7-12)20-14-4-2-1-3-5-14/h1-10H,(H,18,19)/b13-10-. The number of hydrogen-bond donors (Lipinski definition) is 1. The van der Waals surface area contributed by atoms with E-state index in [1.54, 1.807) is 30.3 Å². The van der Waals surface area contributed by atoms with Crippen molar-refractivity contribution in [2.75, 3.05) is 0 Å². The summed E-state index contributed by atoms with van der Waals surface area (Å²) < 4.78 is 5.61. The first-order valence-electron chi connectivity index (χ1n) is 5.87. The minimum atomic E-state index is -1.24. The van der Waals surface area contributed by atoms with Crippen LogP contribution in [0.25, 0.3) is 6.08 Å². The molecule has 0 atom stereocenters. The predicted octanol–water partition coefficient (Wildman–Crippen LogP) is 3.47. The molecular formula is C16H11NO3. The maximum atomic E-state index is 10.7. The molecule has 2 aromatic carbocycles. The van der Waals surface area contributed by atoms with Crippen molar-refractivity contribution in [3.8, 4) is 17.6 Å². The molecule has 0 aliphatic heterocycles. The maximum Gasteiger partial charge on any atom is 0.346 e. The van der Waals surface area contributed by atoms with Gasteiger partial charge in [0.2, 0.25) is 0 Å². The fraction of sp³-hybridized carbons (Fsp3) is 0. The lowest BCUT2D eigenvalue weighted by Gasteiger charge is -2.05. The number of benzene rings is 2. The maximum absolute atomic E-state index is 10.7. The van der Waals surface area contributed by atoms with Gasteiger partial charge in [-0.15, -0.1) is 0 Å². The summed E-state index contributed by atoms with van der Waals surface area (Å²) in [6, 6.07) is 17.8. The molecule has 0 spiro atoms. The van der Waals surface area contributed by atoms with Gasteiger partial charge >= 0.3 is 5.97 Å². The molecule has 0 saturated carbocycles. The highest BCUT2D eigenvalue weighted by molar-refractivity contribution is 5.96. The average Bonchev–Trinajstić information content (AvgIpc) is 2.47. The molecule has 0 radical (unpaired) electrons. The van der Waals surface area contributed by atoms with Crippen LogP contribution < -0.4 is 4.74 Å². The number of rotatable bonds is 4. The molecule has 0 fully saturated rings. The normalized spacial score (nSPS) is 10.7. The van der Waals surface area contributed by atoms with E-state index < -0.39 is 5.97 Å². The third-order valence-electron chi connectivity index (χ3n) is 2.52. The van der Waals surface area contributed by atoms with Crippen molar-refractivity contribution in [3.63, 3.8) is 0 Å². The van der Waals surface area contributed by atoms with Gasteiger partial charge in [0.05, 0.1) is 0 Å². The van der Waals surface area contributed by atoms with E-state index in [1.165, 1.54) is 6.08 Å². The summed E-state index contributed by atoms with van der Waals surface area (Å²) in [6.07, 6.45) is 1.31. The van der Waals surface area contributed by atoms with Gasteiger partial charge in [-0.25, -0.2) is 4.79 Å². The minimum absolute atomic E-state index is 0.304. The number of carbonyl (C=O) groups is 1. The number of carboxylic acid groups (broad SMARTS) is 1. The van der Waals surface area contributed by atoms with E-state index in [4.69, 9.17) is 15.1 Å². The zero-order chi connectivity index (χ0) is 14.4. The highest BCUT2D eigenvalue weighted by atomic mass is 16.5. The molecule has 2 aromatic rings.